The molecule has 0 spiro atoms. The minimum absolute atomic E-state index is 0.0645. The van der Waals surface area contributed by atoms with Gasteiger partial charge in [0.2, 0.25) is 0 Å². The number of carbonyl (C=O) groups is 1. The van der Waals surface area contributed by atoms with Crippen LogP contribution in [0.3, 0.4) is 0 Å². The number of carbonyl (C=O) groups excluding carboxylic acids is 1. The number of hydrogen-bond acceptors (Lipinski definition) is 3. The number of benzene rings is 1. The highest BCUT2D eigenvalue weighted by atomic mass is 32.1. The number of rotatable bonds is 2. The summed E-state index contributed by atoms with van der Waals surface area (Å²) in [5.74, 6) is -0.263. The molecule has 1 amide bonds. The summed E-state index contributed by atoms with van der Waals surface area (Å²) >= 11 is 3.82. The third-order valence-electron chi connectivity index (χ3n) is 4.01. The van der Waals surface area contributed by atoms with E-state index < -0.39 is 0 Å². The second-order valence-corrected chi connectivity index (χ2v) is 6.64. The highest BCUT2D eigenvalue weighted by Crippen LogP contribution is 2.37. The number of aromatic nitrogens is 1. The quantitative estimate of drug-likeness (QED) is 0.834. The van der Waals surface area contributed by atoms with Crippen molar-refractivity contribution in [2.75, 3.05) is 0 Å². The van der Waals surface area contributed by atoms with Gasteiger partial charge in [0.1, 0.15) is 0 Å². The van der Waals surface area contributed by atoms with Crippen molar-refractivity contribution in [2.45, 2.75) is 20.3 Å². The van der Waals surface area contributed by atoms with E-state index >= 15 is 0 Å². The van der Waals surface area contributed by atoms with Crippen molar-refractivity contribution < 1.29 is 4.79 Å². The average Bonchev–Trinajstić information content (AvgIpc) is 2.52. The Bertz CT molecular complexity index is 865. The Hall–Kier alpha value is -2.27. The molecular formula is C18H18N2O2S. The second kappa shape index (κ2) is 5.74. The van der Waals surface area contributed by atoms with Crippen LogP contribution in [0.2, 0.25) is 0 Å². The second-order valence-electron chi connectivity index (χ2n) is 6.42. The smallest absolute Gasteiger partial charge is 0.260 e. The lowest BCUT2D eigenvalue weighted by atomic mass is 9.77. The van der Waals surface area contributed by atoms with E-state index in [0.717, 1.165) is 23.2 Å². The van der Waals surface area contributed by atoms with Crippen molar-refractivity contribution in [2.24, 2.45) is 5.41 Å². The Morgan fingerprint density at radius 2 is 2.04 bits per heavy atom. The average molecular weight is 326 g/mol. The Balaban J connectivity index is 2.23. The lowest BCUT2D eigenvalue weighted by Gasteiger charge is -2.30. The first-order valence-electron chi connectivity index (χ1n) is 7.40. The lowest BCUT2D eigenvalue weighted by Crippen LogP contribution is -2.26. The van der Waals surface area contributed by atoms with Gasteiger partial charge in [-0.15, -0.1) is 0 Å². The molecule has 3 rings (SSSR count). The monoisotopic (exact) mass is 326 g/mol. The molecule has 0 saturated heterocycles. The van der Waals surface area contributed by atoms with Gasteiger partial charge in [0.05, 0.1) is 5.70 Å². The van der Waals surface area contributed by atoms with Crippen LogP contribution in [0, 0.1) is 5.41 Å². The maximum absolute atomic E-state index is 12.2. The third kappa shape index (κ3) is 2.97. The van der Waals surface area contributed by atoms with Crippen molar-refractivity contribution in [1.29, 1.82) is 0 Å². The molecule has 118 valence electrons. The van der Waals surface area contributed by atoms with Crippen LogP contribution in [0.15, 0.2) is 53.5 Å². The number of allylic oxidation sites excluding steroid dienone is 1. The maximum Gasteiger partial charge on any atom is 0.260 e. The molecular weight excluding hydrogens is 308 g/mol. The minimum Gasteiger partial charge on any atom is -0.299 e. The molecule has 0 saturated carbocycles. The van der Waals surface area contributed by atoms with Gasteiger partial charge in [-0.25, -0.2) is 0 Å². The first-order valence-corrected chi connectivity index (χ1v) is 7.85. The third-order valence-corrected chi connectivity index (χ3v) is 4.21. The fourth-order valence-corrected chi connectivity index (χ4v) is 3.12. The molecule has 2 aromatic rings. The van der Waals surface area contributed by atoms with Gasteiger partial charge in [-0.05, 0) is 35.6 Å². The number of amides is 1. The number of fused-ring (bicyclic) bond motifs is 1. The van der Waals surface area contributed by atoms with E-state index in [1.165, 1.54) is 6.07 Å². The van der Waals surface area contributed by atoms with E-state index in [-0.39, 0.29) is 16.9 Å². The molecule has 0 fully saturated rings. The van der Waals surface area contributed by atoms with Crippen LogP contribution in [0.4, 0.5) is 0 Å². The van der Waals surface area contributed by atoms with E-state index in [4.69, 9.17) is 0 Å². The topological polar surface area (TPSA) is 51.1 Å². The van der Waals surface area contributed by atoms with Crippen LogP contribution in [-0.2, 0) is 6.42 Å². The molecule has 1 aliphatic rings. The molecule has 1 aliphatic carbocycles. The van der Waals surface area contributed by atoms with E-state index in [0.29, 0.717) is 5.56 Å². The lowest BCUT2D eigenvalue weighted by molar-refractivity contribution is 0.0985. The van der Waals surface area contributed by atoms with Gasteiger partial charge in [-0.3, -0.25) is 18.9 Å². The molecule has 0 radical (unpaired) electrons. The van der Waals surface area contributed by atoms with Crippen molar-refractivity contribution in [1.82, 2.24) is 9.29 Å². The minimum atomic E-state index is -0.263. The summed E-state index contributed by atoms with van der Waals surface area (Å²) in [4.78, 5) is 24.1. The standard InChI is InChI=1S/C18H18N2O2S/c1-18(2)10-13-7-6-12(17(22)19-23)9-14(13)15(11-18)20-8-4-3-5-16(20)21/h3-9,11,23H,10H2,1-2H3,(H,19,22). The number of nitrogens with zero attached hydrogens (tertiary/aromatic N) is 1. The number of hydrogen-bond donors (Lipinski definition) is 2. The summed E-state index contributed by atoms with van der Waals surface area (Å²) < 4.78 is 3.96. The Labute approximate surface area is 140 Å². The van der Waals surface area contributed by atoms with E-state index in [9.17, 15) is 9.59 Å². The summed E-state index contributed by atoms with van der Waals surface area (Å²) in [6.07, 6.45) is 4.71. The molecule has 1 aromatic heterocycles. The molecule has 1 heterocycles. The number of nitrogens with one attached hydrogen (secondary N) is 1. The fraction of sp³-hybridized carbons (Fsp3) is 0.222. The highest BCUT2D eigenvalue weighted by molar-refractivity contribution is 7.78. The van der Waals surface area contributed by atoms with Crippen LogP contribution in [0.5, 0.6) is 0 Å². The van der Waals surface area contributed by atoms with Gasteiger partial charge >= 0.3 is 0 Å². The summed E-state index contributed by atoms with van der Waals surface area (Å²) in [6, 6.07) is 10.6. The normalized spacial score (nSPS) is 15.5. The van der Waals surface area contributed by atoms with Gasteiger partial charge in [0, 0.05) is 23.4 Å². The fourth-order valence-electron chi connectivity index (χ4n) is 2.99. The summed E-state index contributed by atoms with van der Waals surface area (Å²) in [5, 5.41) is 0. The molecule has 0 bridgehead atoms. The predicted octanol–water partition coefficient (Wildman–Crippen LogP) is 2.89. The Kier molecular flexibility index (Phi) is 3.90. The van der Waals surface area contributed by atoms with Gasteiger partial charge in [-0.1, -0.05) is 44.9 Å². The van der Waals surface area contributed by atoms with Gasteiger partial charge < -0.3 is 0 Å². The first-order chi connectivity index (χ1) is 10.9. The number of thiol groups is 1. The molecule has 5 heteroatoms. The molecule has 1 aromatic carbocycles. The zero-order valence-electron chi connectivity index (χ0n) is 13.0. The largest absolute Gasteiger partial charge is 0.299 e. The summed E-state index contributed by atoms with van der Waals surface area (Å²) in [6.45, 7) is 4.27. The highest BCUT2D eigenvalue weighted by Gasteiger charge is 2.27. The molecule has 1 N–H and O–H groups in total. The molecule has 0 unspecified atom stereocenters. The number of pyridine rings is 1. The Morgan fingerprint density at radius 1 is 1.26 bits per heavy atom. The predicted molar refractivity (Wildman–Crippen MR) is 94.5 cm³/mol. The van der Waals surface area contributed by atoms with Crippen LogP contribution in [0.25, 0.3) is 5.70 Å². The van der Waals surface area contributed by atoms with Gasteiger partial charge in [0.15, 0.2) is 0 Å². The van der Waals surface area contributed by atoms with Crippen molar-refractivity contribution in [3.05, 3.63) is 75.7 Å². The van der Waals surface area contributed by atoms with E-state index in [2.05, 4.69) is 37.5 Å². The molecule has 4 nitrogen and oxygen atoms in total. The summed E-state index contributed by atoms with van der Waals surface area (Å²) in [7, 11) is 0. The Morgan fingerprint density at radius 3 is 2.74 bits per heavy atom. The van der Waals surface area contributed by atoms with E-state index in [1.54, 1.807) is 22.9 Å². The van der Waals surface area contributed by atoms with E-state index in [1.807, 2.05) is 18.2 Å². The SMILES string of the molecule is CC1(C)C=C(n2ccccc2=O)c2cc(C(=O)NS)ccc2C1. The van der Waals surface area contributed by atoms with Crippen LogP contribution in [-0.4, -0.2) is 10.5 Å². The molecule has 0 atom stereocenters. The zero-order valence-corrected chi connectivity index (χ0v) is 13.9. The van der Waals surface area contributed by atoms with Crippen molar-refractivity contribution >= 4 is 24.4 Å². The maximum atomic E-state index is 12.2. The van der Waals surface area contributed by atoms with Crippen LogP contribution in [0.1, 0.15) is 35.3 Å². The van der Waals surface area contributed by atoms with Crippen LogP contribution >= 0.6 is 12.8 Å². The van der Waals surface area contributed by atoms with Crippen molar-refractivity contribution in [3.63, 3.8) is 0 Å². The van der Waals surface area contributed by atoms with Gasteiger partial charge in [-0.2, -0.15) is 0 Å². The van der Waals surface area contributed by atoms with Gasteiger partial charge in [0.25, 0.3) is 11.5 Å². The molecule has 0 aliphatic heterocycles. The zero-order chi connectivity index (χ0) is 16.6. The van der Waals surface area contributed by atoms with Crippen molar-refractivity contribution in [3.8, 4) is 0 Å². The summed E-state index contributed by atoms with van der Waals surface area (Å²) in [5.41, 5.74) is 3.21. The molecule has 23 heavy (non-hydrogen) atoms. The first kappa shape index (κ1) is 15.6. The van der Waals surface area contributed by atoms with Crippen LogP contribution < -0.4 is 10.3 Å².